The molecular formula is C20H21ClN2O4. The normalized spacial score (nSPS) is 10.9. The number of hydrogen-bond donors (Lipinski definition) is 2. The van der Waals surface area contributed by atoms with Gasteiger partial charge in [0, 0.05) is 17.3 Å². The van der Waals surface area contributed by atoms with E-state index in [9.17, 15) is 9.59 Å². The SMILES string of the molecule is COc1cc(/C=C/C(=O)Nc2ccc(C(N)=O)cc2)cc(Cl)c1OC(C)C. The van der Waals surface area contributed by atoms with E-state index in [4.69, 9.17) is 26.8 Å². The predicted molar refractivity (Wildman–Crippen MR) is 106 cm³/mol. The summed E-state index contributed by atoms with van der Waals surface area (Å²) in [6, 6.07) is 9.70. The summed E-state index contributed by atoms with van der Waals surface area (Å²) in [6.45, 7) is 3.79. The lowest BCUT2D eigenvalue weighted by atomic mass is 10.1. The summed E-state index contributed by atoms with van der Waals surface area (Å²) in [5, 5.41) is 3.09. The van der Waals surface area contributed by atoms with Crippen LogP contribution < -0.4 is 20.5 Å². The van der Waals surface area contributed by atoms with Gasteiger partial charge in [-0.05, 0) is 61.9 Å². The Labute approximate surface area is 162 Å². The molecule has 2 aromatic carbocycles. The fourth-order valence-electron chi connectivity index (χ4n) is 2.26. The second-order valence-corrected chi connectivity index (χ2v) is 6.37. The lowest BCUT2D eigenvalue weighted by molar-refractivity contribution is -0.111. The maximum Gasteiger partial charge on any atom is 0.248 e. The summed E-state index contributed by atoms with van der Waals surface area (Å²) in [6.07, 6.45) is 2.93. The van der Waals surface area contributed by atoms with Crippen LogP contribution in [0.5, 0.6) is 11.5 Å². The van der Waals surface area contributed by atoms with Gasteiger partial charge in [0.25, 0.3) is 0 Å². The molecule has 0 radical (unpaired) electrons. The van der Waals surface area contributed by atoms with Crippen LogP contribution in [0.15, 0.2) is 42.5 Å². The highest BCUT2D eigenvalue weighted by Crippen LogP contribution is 2.37. The minimum Gasteiger partial charge on any atom is -0.493 e. The number of primary amides is 1. The minimum absolute atomic E-state index is 0.0514. The third-order valence-corrected chi connectivity index (χ3v) is 3.75. The smallest absolute Gasteiger partial charge is 0.248 e. The Hall–Kier alpha value is -2.99. The van der Waals surface area contributed by atoms with Crippen LogP contribution in [-0.2, 0) is 4.79 Å². The second kappa shape index (κ2) is 9.09. The third-order valence-electron chi connectivity index (χ3n) is 3.47. The van der Waals surface area contributed by atoms with Crippen LogP contribution in [0.3, 0.4) is 0 Å². The molecule has 7 heteroatoms. The van der Waals surface area contributed by atoms with Gasteiger partial charge in [0.2, 0.25) is 11.8 Å². The summed E-state index contributed by atoms with van der Waals surface area (Å²) >= 11 is 6.27. The van der Waals surface area contributed by atoms with Gasteiger partial charge in [-0.25, -0.2) is 0 Å². The van der Waals surface area contributed by atoms with Crippen molar-refractivity contribution in [3.63, 3.8) is 0 Å². The van der Waals surface area contributed by atoms with Gasteiger partial charge in [-0.15, -0.1) is 0 Å². The lowest BCUT2D eigenvalue weighted by Gasteiger charge is -2.15. The molecule has 0 fully saturated rings. The highest BCUT2D eigenvalue weighted by Gasteiger charge is 2.12. The number of benzene rings is 2. The van der Waals surface area contributed by atoms with Crippen molar-refractivity contribution < 1.29 is 19.1 Å². The number of halogens is 1. The number of hydrogen-bond acceptors (Lipinski definition) is 4. The first-order valence-corrected chi connectivity index (χ1v) is 8.61. The molecule has 0 aliphatic rings. The van der Waals surface area contributed by atoms with Gasteiger partial charge in [0.05, 0.1) is 18.2 Å². The molecule has 0 spiro atoms. The molecule has 2 amide bonds. The van der Waals surface area contributed by atoms with Gasteiger partial charge in [-0.3, -0.25) is 9.59 Å². The largest absolute Gasteiger partial charge is 0.493 e. The molecular weight excluding hydrogens is 368 g/mol. The van der Waals surface area contributed by atoms with Crippen LogP contribution in [0.25, 0.3) is 6.08 Å². The van der Waals surface area contributed by atoms with Gasteiger partial charge in [-0.2, -0.15) is 0 Å². The molecule has 0 unspecified atom stereocenters. The average molecular weight is 389 g/mol. The number of nitrogens with one attached hydrogen (secondary N) is 1. The van der Waals surface area contributed by atoms with E-state index in [1.165, 1.54) is 13.2 Å². The second-order valence-electron chi connectivity index (χ2n) is 5.96. The summed E-state index contributed by atoms with van der Waals surface area (Å²) in [5.74, 6) is 0.0894. The van der Waals surface area contributed by atoms with Crippen LogP contribution in [0.1, 0.15) is 29.8 Å². The van der Waals surface area contributed by atoms with Crippen LogP contribution in [0, 0.1) is 0 Å². The van der Waals surface area contributed by atoms with Crippen LogP contribution in [0.4, 0.5) is 5.69 Å². The molecule has 0 saturated carbocycles. The van der Waals surface area contributed by atoms with Crippen molar-refractivity contribution in [2.75, 3.05) is 12.4 Å². The van der Waals surface area contributed by atoms with Crippen molar-refractivity contribution in [2.24, 2.45) is 5.73 Å². The number of anilines is 1. The molecule has 0 aromatic heterocycles. The maximum atomic E-state index is 12.1. The molecule has 0 bridgehead atoms. The fourth-order valence-corrected chi connectivity index (χ4v) is 2.52. The first-order chi connectivity index (χ1) is 12.8. The lowest BCUT2D eigenvalue weighted by Crippen LogP contribution is -2.11. The van der Waals surface area contributed by atoms with Gasteiger partial charge >= 0.3 is 0 Å². The average Bonchev–Trinajstić information content (AvgIpc) is 2.62. The van der Waals surface area contributed by atoms with E-state index < -0.39 is 5.91 Å². The van der Waals surface area contributed by atoms with Crippen molar-refractivity contribution in [3.05, 3.63) is 58.6 Å². The topological polar surface area (TPSA) is 90.6 Å². The minimum atomic E-state index is -0.525. The number of carbonyl (C=O) groups is 2. The van der Waals surface area contributed by atoms with Crippen molar-refractivity contribution in [1.29, 1.82) is 0 Å². The van der Waals surface area contributed by atoms with Gasteiger partial charge in [-0.1, -0.05) is 11.6 Å². The Morgan fingerprint density at radius 2 is 1.85 bits per heavy atom. The number of nitrogens with two attached hydrogens (primary N) is 1. The molecule has 3 N–H and O–H groups in total. The zero-order valence-electron chi connectivity index (χ0n) is 15.3. The van der Waals surface area contributed by atoms with Crippen molar-refractivity contribution in [1.82, 2.24) is 0 Å². The number of amides is 2. The zero-order chi connectivity index (χ0) is 20.0. The molecule has 142 valence electrons. The van der Waals surface area contributed by atoms with Gasteiger partial charge in [0.15, 0.2) is 11.5 Å². The Kier molecular flexibility index (Phi) is 6.85. The summed E-state index contributed by atoms with van der Waals surface area (Å²) in [5.41, 5.74) is 6.79. The summed E-state index contributed by atoms with van der Waals surface area (Å²) < 4.78 is 11.0. The van der Waals surface area contributed by atoms with Crippen LogP contribution >= 0.6 is 11.6 Å². The first-order valence-electron chi connectivity index (χ1n) is 8.23. The van der Waals surface area contributed by atoms with Gasteiger partial charge in [0.1, 0.15) is 0 Å². The molecule has 2 aromatic rings. The van der Waals surface area contributed by atoms with E-state index in [1.54, 1.807) is 42.5 Å². The molecule has 0 atom stereocenters. The number of ether oxygens (including phenoxy) is 2. The standard InChI is InChI=1S/C20H21ClN2O4/c1-12(2)27-19-16(21)10-13(11-17(19)26-3)4-9-18(24)23-15-7-5-14(6-8-15)20(22)25/h4-12H,1-3H3,(H2,22,25)(H,23,24)/b9-4+. The number of rotatable bonds is 7. The molecule has 0 saturated heterocycles. The molecule has 0 aliphatic carbocycles. The predicted octanol–water partition coefficient (Wildman–Crippen LogP) is 3.89. The monoisotopic (exact) mass is 388 g/mol. The van der Waals surface area contributed by atoms with E-state index in [2.05, 4.69) is 5.32 Å². The van der Waals surface area contributed by atoms with Crippen molar-refractivity contribution in [2.45, 2.75) is 20.0 Å². The molecule has 2 rings (SSSR count). The van der Waals surface area contributed by atoms with E-state index in [0.29, 0.717) is 33.3 Å². The van der Waals surface area contributed by atoms with Gasteiger partial charge < -0.3 is 20.5 Å². The van der Waals surface area contributed by atoms with Crippen LogP contribution in [0.2, 0.25) is 5.02 Å². The third kappa shape index (κ3) is 5.76. The Balaban J connectivity index is 2.11. The maximum absolute atomic E-state index is 12.1. The molecule has 0 heterocycles. The zero-order valence-corrected chi connectivity index (χ0v) is 16.0. The Bertz CT molecular complexity index is 861. The van der Waals surface area contributed by atoms with E-state index in [-0.39, 0.29) is 12.0 Å². The Morgan fingerprint density at radius 3 is 2.41 bits per heavy atom. The summed E-state index contributed by atoms with van der Waals surface area (Å²) in [4.78, 5) is 23.1. The fraction of sp³-hybridized carbons (Fsp3) is 0.200. The van der Waals surface area contributed by atoms with E-state index in [0.717, 1.165) is 0 Å². The summed E-state index contributed by atoms with van der Waals surface area (Å²) in [7, 11) is 1.52. The van der Waals surface area contributed by atoms with E-state index in [1.807, 2.05) is 13.8 Å². The van der Waals surface area contributed by atoms with Crippen molar-refractivity contribution >= 4 is 35.2 Å². The number of methoxy groups -OCH3 is 1. The highest BCUT2D eigenvalue weighted by molar-refractivity contribution is 6.32. The van der Waals surface area contributed by atoms with Crippen molar-refractivity contribution in [3.8, 4) is 11.5 Å². The van der Waals surface area contributed by atoms with E-state index >= 15 is 0 Å². The molecule has 27 heavy (non-hydrogen) atoms. The highest BCUT2D eigenvalue weighted by atomic mass is 35.5. The number of carbonyl (C=O) groups excluding carboxylic acids is 2. The quantitative estimate of drug-likeness (QED) is 0.704. The molecule has 0 aliphatic heterocycles. The molecule has 6 nitrogen and oxygen atoms in total. The Morgan fingerprint density at radius 1 is 1.19 bits per heavy atom. The van der Waals surface area contributed by atoms with Crippen LogP contribution in [-0.4, -0.2) is 25.0 Å². The first kappa shape index (κ1) is 20.3.